The molecule has 0 radical (unpaired) electrons. The van der Waals surface area contributed by atoms with E-state index < -0.39 is 0 Å². The fraction of sp³-hybridized carbons (Fsp3) is 0.381. The number of hydrogen-bond donors (Lipinski definition) is 1. The summed E-state index contributed by atoms with van der Waals surface area (Å²) in [6.07, 6.45) is 1.41. The van der Waals surface area contributed by atoms with E-state index in [1.54, 1.807) is 0 Å². The Morgan fingerprint density at radius 3 is 2.38 bits per heavy atom. The first-order chi connectivity index (χ1) is 12.3. The van der Waals surface area contributed by atoms with Gasteiger partial charge < -0.3 is 0 Å². The molecule has 2 heterocycles. The maximum Gasteiger partial charge on any atom is 0.245 e. The molecule has 1 aromatic carbocycles. The second-order valence-electron chi connectivity index (χ2n) is 8.08. The van der Waals surface area contributed by atoms with E-state index in [0.29, 0.717) is 12.4 Å². The molecule has 1 N–H and O–H groups in total. The molecule has 0 amide bonds. The average molecular weight is 348 g/mol. The first-order valence-electron chi connectivity index (χ1n) is 9.03. The van der Waals surface area contributed by atoms with Crippen LogP contribution in [0.4, 0.5) is 5.95 Å². The third-order valence-electron chi connectivity index (χ3n) is 5.01. The smallest absolute Gasteiger partial charge is 0.245 e. The minimum absolute atomic E-state index is 0.0382. The van der Waals surface area contributed by atoms with E-state index in [4.69, 9.17) is 0 Å². The van der Waals surface area contributed by atoms with Gasteiger partial charge in [0.05, 0.1) is 0 Å². The summed E-state index contributed by atoms with van der Waals surface area (Å²) in [5, 5.41) is 1.96. The molecular formula is C21H24N4O. The Balaban J connectivity index is 1.84. The molecule has 5 nitrogen and oxygen atoms in total. The van der Waals surface area contributed by atoms with Crippen LogP contribution in [-0.4, -0.2) is 15.8 Å². The molecule has 1 unspecified atom stereocenters. The van der Waals surface area contributed by atoms with Crippen LogP contribution in [0.5, 0.6) is 0 Å². The largest absolute Gasteiger partial charge is 0.299 e. The number of Topliss-reactive ketones (excluding diaryl/α,β-unsaturated/α-hetero) is 1. The molecule has 1 aliphatic carbocycles. The molecule has 1 atom stereocenters. The molecule has 0 saturated carbocycles. The molecule has 0 saturated heterocycles. The molecule has 2 aliphatic rings. The van der Waals surface area contributed by atoms with Gasteiger partial charge in [-0.2, -0.15) is 0 Å². The lowest BCUT2D eigenvalue weighted by molar-refractivity contribution is -0.118. The number of hydrazine groups is 1. The second-order valence-corrected chi connectivity index (χ2v) is 8.08. The minimum atomic E-state index is -0.198. The predicted octanol–water partition coefficient (Wildman–Crippen LogP) is 3.80. The van der Waals surface area contributed by atoms with Crippen LogP contribution in [0.1, 0.15) is 49.7 Å². The number of rotatable bonds is 2. The van der Waals surface area contributed by atoms with Crippen molar-refractivity contribution in [3.8, 4) is 0 Å². The number of aryl methyl sites for hydroxylation is 2. The molecule has 4 rings (SSSR count). The van der Waals surface area contributed by atoms with Crippen molar-refractivity contribution in [1.29, 1.82) is 0 Å². The Morgan fingerprint density at radius 1 is 1.08 bits per heavy atom. The highest BCUT2D eigenvalue weighted by atomic mass is 16.1. The van der Waals surface area contributed by atoms with Gasteiger partial charge in [-0.1, -0.05) is 44.2 Å². The van der Waals surface area contributed by atoms with Gasteiger partial charge in [-0.3, -0.25) is 10.2 Å². The summed E-state index contributed by atoms with van der Waals surface area (Å²) in [7, 11) is 0. The summed E-state index contributed by atoms with van der Waals surface area (Å²) in [6.45, 7) is 8.22. The van der Waals surface area contributed by atoms with Crippen LogP contribution < -0.4 is 10.4 Å². The molecule has 0 bridgehead atoms. The fourth-order valence-electron chi connectivity index (χ4n) is 4.02. The van der Waals surface area contributed by atoms with Crippen molar-refractivity contribution in [3.63, 3.8) is 0 Å². The number of benzene rings is 1. The van der Waals surface area contributed by atoms with Gasteiger partial charge >= 0.3 is 0 Å². The lowest BCUT2D eigenvalue weighted by atomic mass is 9.74. The van der Waals surface area contributed by atoms with Crippen LogP contribution in [0.2, 0.25) is 0 Å². The van der Waals surface area contributed by atoms with E-state index in [1.165, 1.54) is 0 Å². The van der Waals surface area contributed by atoms with Crippen LogP contribution in [0.25, 0.3) is 0 Å². The van der Waals surface area contributed by atoms with Gasteiger partial charge in [-0.15, -0.1) is 0 Å². The van der Waals surface area contributed by atoms with Crippen LogP contribution in [0.15, 0.2) is 47.7 Å². The summed E-state index contributed by atoms with van der Waals surface area (Å²) in [6, 6.07) is 11.9. The number of aromatic nitrogens is 2. The third-order valence-corrected chi connectivity index (χ3v) is 5.01. The number of carbonyl (C=O) groups excluding carboxylic acids is 1. The van der Waals surface area contributed by atoms with Crippen LogP contribution in [0.3, 0.4) is 0 Å². The lowest BCUT2D eigenvalue weighted by Crippen LogP contribution is -2.36. The van der Waals surface area contributed by atoms with Gasteiger partial charge in [-0.05, 0) is 37.3 Å². The van der Waals surface area contributed by atoms with Gasteiger partial charge in [0.25, 0.3) is 0 Å². The average Bonchev–Trinajstić information content (AvgIpc) is 2.93. The number of ketones is 1. The zero-order valence-electron chi connectivity index (χ0n) is 15.7. The molecule has 134 valence electrons. The van der Waals surface area contributed by atoms with E-state index in [-0.39, 0.29) is 17.2 Å². The molecule has 0 spiro atoms. The van der Waals surface area contributed by atoms with Crippen molar-refractivity contribution >= 4 is 11.7 Å². The van der Waals surface area contributed by atoms with Crippen molar-refractivity contribution in [1.82, 2.24) is 15.4 Å². The quantitative estimate of drug-likeness (QED) is 0.894. The molecule has 1 aliphatic heterocycles. The van der Waals surface area contributed by atoms with E-state index >= 15 is 0 Å². The Kier molecular flexibility index (Phi) is 3.83. The summed E-state index contributed by atoms with van der Waals surface area (Å²) in [4.78, 5) is 22.3. The predicted molar refractivity (Wildman–Crippen MR) is 101 cm³/mol. The van der Waals surface area contributed by atoms with E-state index in [9.17, 15) is 4.79 Å². The Bertz CT molecular complexity index is 881. The van der Waals surface area contributed by atoms with Gasteiger partial charge in [0, 0.05) is 29.1 Å². The minimum Gasteiger partial charge on any atom is -0.299 e. The van der Waals surface area contributed by atoms with Crippen LogP contribution >= 0.6 is 0 Å². The van der Waals surface area contributed by atoms with Gasteiger partial charge in [0.1, 0.15) is 6.04 Å². The van der Waals surface area contributed by atoms with Crippen molar-refractivity contribution in [3.05, 3.63) is 64.6 Å². The first-order valence-corrected chi connectivity index (χ1v) is 9.03. The lowest BCUT2D eigenvalue weighted by Gasteiger charge is -2.29. The molecular weight excluding hydrogens is 324 g/mol. The fourth-order valence-corrected chi connectivity index (χ4v) is 4.02. The summed E-state index contributed by atoms with van der Waals surface area (Å²) >= 11 is 0. The number of nitrogens with zero attached hydrogens (tertiary/aromatic N) is 3. The highest BCUT2D eigenvalue weighted by Gasteiger charge is 2.44. The van der Waals surface area contributed by atoms with Gasteiger partial charge in [0.15, 0.2) is 5.78 Å². The standard InChI is InChI=1S/C21H24N4O/c1-13-10-14(2)23-20(22-13)25-19(15-8-6-5-7-9-15)18-16(24-25)11-21(3,4)12-17(18)26/h5-10,19,24H,11-12H2,1-4H3. The van der Waals surface area contributed by atoms with Gasteiger partial charge in [-0.25, -0.2) is 15.0 Å². The molecule has 0 fully saturated rings. The normalized spacial score (nSPS) is 21.6. The molecule has 2 aromatic rings. The number of hydrogen-bond acceptors (Lipinski definition) is 5. The Hall–Kier alpha value is -2.69. The summed E-state index contributed by atoms with van der Waals surface area (Å²) in [5.74, 6) is 0.820. The Morgan fingerprint density at radius 2 is 1.73 bits per heavy atom. The van der Waals surface area contributed by atoms with E-state index in [2.05, 4.69) is 41.4 Å². The topological polar surface area (TPSA) is 58.1 Å². The molecule has 1 aromatic heterocycles. The van der Waals surface area contributed by atoms with Crippen LogP contribution in [0, 0.1) is 19.3 Å². The van der Waals surface area contributed by atoms with Gasteiger partial charge in [0.2, 0.25) is 5.95 Å². The number of carbonyl (C=O) groups is 1. The molecule has 26 heavy (non-hydrogen) atoms. The SMILES string of the molecule is Cc1cc(C)nc(N2NC3=C(C(=O)CC(C)(C)C3)C2c2ccccc2)n1. The highest BCUT2D eigenvalue weighted by molar-refractivity contribution is 6.00. The third kappa shape index (κ3) is 2.87. The van der Waals surface area contributed by atoms with E-state index in [1.807, 2.05) is 43.1 Å². The van der Waals surface area contributed by atoms with Crippen LogP contribution in [-0.2, 0) is 4.79 Å². The number of anilines is 1. The first kappa shape index (κ1) is 16.8. The zero-order valence-corrected chi connectivity index (χ0v) is 15.7. The van der Waals surface area contributed by atoms with Crippen molar-refractivity contribution in [2.75, 3.05) is 5.01 Å². The van der Waals surface area contributed by atoms with E-state index in [0.717, 1.165) is 34.6 Å². The van der Waals surface area contributed by atoms with Crippen molar-refractivity contribution in [2.24, 2.45) is 5.41 Å². The Labute approximate surface area is 154 Å². The number of nitrogens with one attached hydrogen (secondary N) is 1. The molecule has 5 heteroatoms. The monoisotopic (exact) mass is 348 g/mol. The maximum atomic E-state index is 13.0. The van der Waals surface area contributed by atoms with Crippen molar-refractivity contribution < 1.29 is 4.79 Å². The summed E-state index contributed by atoms with van der Waals surface area (Å²) in [5.41, 5.74) is 8.19. The summed E-state index contributed by atoms with van der Waals surface area (Å²) < 4.78 is 0. The highest BCUT2D eigenvalue weighted by Crippen LogP contribution is 2.46. The number of allylic oxidation sites excluding steroid dienone is 1. The van der Waals surface area contributed by atoms with Crippen molar-refractivity contribution in [2.45, 2.75) is 46.6 Å². The zero-order chi connectivity index (χ0) is 18.5. The maximum absolute atomic E-state index is 13.0. The second kappa shape index (κ2) is 5.94.